The molecule has 36 heavy (non-hydrogen) atoms. The van der Waals surface area contributed by atoms with E-state index in [0.29, 0.717) is 29.3 Å². The zero-order chi connectivity index (χ0) is 24.9. The maximum absolute atomic E-state index is 13.6. The van der Waals surface area contributed by atoms with Crippen LogP contribution in [0.4, 0.5) is 10.9 Å². The number of hydrogen-bond donors (Lipinski definition) is 1. The maximum atomic E-state index is 13.6. The van der Waals surface area contributed by atoms with Crippen LogP contribution in [0.3, 0.4) is 0 Å². The standard InChI is InChI=1S/C28H36N6OS/c1-32(2)14-15-34(27(35)25-20-36-28(30-25)31-26-11-5-6-12-29-26)19-21-8-7-13-33(18-21)24-16-22-9-3-4-10-23(22)17-24/h3-6,9-12,20-21,24H,7-8,13-19H2,1-2H3,(H,29,30,31). The van der Waals surface area contributed by atoms with Gasteiger partial charge in [0.1, 0.15) is 11.5 Å². The van der Waals surface area contributed by atoms with Crippen molar-refractivity contribution in [2.45, 2.75) is 31.7 Å². The molecule has 190 valence electrons. The Morgan fingerprint density at radius 2 is 1.89 bits per heavy atom. The van der Waals surface area contributed by atoms with Gasteiger partial charge < -0.3 is 15.1 Å². The smallest absolute Gasteiger partial charge is 0.273 e. The molecule has 1 saturated heterocycles. The molecule has 3 heterocycles. The lowest BCUT2D eigenvalue weighted by Gasteiger charge is -2.39. The third-order valence-corrected chi connectivity index (χ3v) is 8.06. The van der Waals surface area contributed by atoms with Crippen molar-refractivity contribution in [3.63, 3.8) is 0 Å². The van der Waals surface area contributed by atoms with Crippen LogP contribution >= 0.6 is 11.3 Å². The van der Waals surface area contributed by atoms with Gasteiger partial charge in [0, 0.05) is 43.8 Å². The molecule has 1 aliphatic carbocycles. The molecule has 5 rings (SSSR count). The molecule has 2 aliphatic rings. The molecule has 1 fully saturated rings. The number of hydrogen-bond acceptors (Lipinski definition) is 7. The number of rotatable bonds is 9. The number of fused-ring (bicyclic) bond motifs is 1. The normalized spacial score (nSPS) is 18.4. The quantitative estimate of drug-likeness (QED) is 0.472. The number of likely N-dealkylation sites (N-methyl/N-ethyl adjacent to an activating group) is 1. The van der Waals surface area contributed by atoms with Gasteiger partial charge in [-0.25, -0.2) is 9.97 Å². The molecule has 2 aromatic heterocycles. The van der Waals surface area contributed by atoms with Crippen molar-refractivity contribution in [1.29, 1.82) is 0 Å². The summed E-state index contributed by atoms with van der Waals surface area (Å²) in [7, 11) is 4.11. The molecule has 1 amide bonds. The highest BCUT2D eigenvalue weighted by atomic mass is 32.1. The number of anilines is 2. The van der Waals surface area contributed by atoms with Gasteiger partial charge in [0.2, 0.25) is 0 Å². The first-order chi connectivity index (χ1) is 17.5. The molecule has 3 aromatic rings. The Hall–Kier alpha value is -2.81. The fourth-order valence-corrected chi connectivity index (χ4v) is 6.11. The van der Waals surface area contributed by atoms with E-state index in [4.69, 9.17) is 0 Å². The number of carbonyl (C=O) groups is 1. The van der Waals surface area contributed by atoms with Crippen LogP contribution < -0.4 is 5.32 Å². The van der Waals surface area contributed by atoms with Crippen molar-refractivity contribution < 1.29 is 4.79 Å². The Morgan fingerprint density at radius 3 is 2.61 bits per heavy atom. The van der Waals surface area contributed by atoms with Crippen LogP contribution in [0.2, 0.25) is 0 Å². The molecule has 1 unspecified atom stereocenters. The summed E-state index contributed by atoms with van der Waals surface area (Å²) in [6.07, 6.45) is 6.41. The average molecular weight is 505 g/mol. The first-order valence-electron chi connectivity index (χ1n) is 12.9. The molecule has 0 saturated carbocycles. The summed E-state index contributed by atoms with van der Waals surface area (Å²) in [5, 5.41) is 5.75. The largest absolute Gasteiger partial charge is 0.336 e. The summed E-state index contributed by atoms with van der Waals surface area (Å²) >= 11 is 1.44. The lowest BCUT2D eigenvalue weighted by atomic mass is 9.95. The number of nitrogens with zero attached hydrogens (tertiary/aromatic N) is 5. The second kappa shape index (κ2) is 11.5. The van der Waals surface area contributed by atoms with Gasteiger partial charge in [0.15, 0.2) is 5.13 Å². The minimum Gasteiger partial charge on any atom is -0.336 e. The Balaban J connectivity index is 1.23. The summed E-state index contributed by atoms with van der Waals surface area (Å²) in [6, 6.07) is 15.2. The summed E-state index contributed by atoms with van der Waals surface area (Å²) < 4.78 is 0. The van der Waals surface area contributed by atoms with Crippen molar-refractivity contribution in [3.05, 3.63) is 70.9 Å². The van der Waals surface area contributed by atoms with E-state index in [1.54, 1.807) is 6.20 Å². The van der Waals surface area contributed by atoms with E-state index < -0.39 is 0 Å². The second-order valence-corrected chi connectivity index (χ2v) is 11.1. The highest BCUT2D eigenvalue weighted by Gasteiger charge is 2.32. The third-order valence-electron chi connectivity index (χ3n) is 7.30. The van der Waals surface area contributed by atoms with E-state index in [0.717, 1.165) is 44.8 Å². The van der Waals surface area contributed by atoms with E-state index in [-0.39, 0.29) is 5.91 Å². The van der Waals surface area contributed by atoms with Crippen molar-refractivity contribution >= 4 is 28.2 Å². The minimum atomic E-state index is 0.0209. The number of nitrogens with one attached hydrogen (secondary N) is 1. The van der Waals surface area contributed by atoms with Gasteiger partial charge in [-0.05, 0) is 75.5 Å². The highest BCUT2D eigenvalue weighted by Crippen LogP contribution is 2.29. The summed E-state index contributed by atoms with van der Waals surface area (Å²) in [5.74, 6) is 1.23. The number of thiazole rings is 1. The van der Waals surface area contributed by atoms with E-state index in [1.807, 2.05) is 28.5 Å². The van der Waals surface area contributed by atoms with Gasteiger partial charge in [-0.2, -0.15) is 0 Å². The van der Waals surface area contributed by atoms with Crippen LogP contribution in [-0.4, -0.2) is 83.4 Å². The van der Waals surface area contributed by atoms with Crippen molar-refractivity contribution in [2.75, 3.05) is 52.1 Å². The third kappa shape index (κ3) is 6.11. The van der Waals surface area contributed by atoms with Crippen molar-refractivity contribution in [2.24, 2.45) is 5.92 Å². The first-order valence-corrected chi connectivity index (χ1v) is 13.8. The summed E-state index contributed by atoms with van der Waals surface area (Å²) in [4.78, 5) is 29.3. The summed E-state index contributed by atoms with van der Waals surface area (Å²) in [5.41, 5.74) is 3.52. The SMILES string of the molecule is CN(C)CCN(CC1CCCN(C2Cc3ccccc3C2)C1)C(=O)c1csc(Nc2ccccn2)n1. The minimum absolute atomic E-state index is 0.0209. The molecule has 0 radical (unpaired) electrons. The van der Waals surface area contributed by atoms with E-state index in [2.05, 4.69) is 63.4 Å². The zero-order valence-corrected chi connectivity index (χ0v) is 22.1. The number of carbonyl (C=O) groups excluding carboxylic acids is 1. The monoisotopic (exact) mass is 504 g/mol. The molecule has 1 aliphatic heterocycles. The molecule has 1 atom stereocenters. The fraction of sp³-hybridized carbons (Fsp3) is 0.464. The number of amides is 1. The second-order valence-electron chi connectivity index (χ2n) is 10.3. The average Bonchev–Trinajstić information content (AvgIpc) is 3.54. The predicted octanol–water partition coefficient (Wildman–Crippen LogP) is 4.16. The van der Waals surface area contributed by atoms with Crippen molar-refractivity contribution in [3.8, 4) is 0 Å². The number of piperidine rings is 1. The molecule has 0 bridgehead atoms. The van der Waals surface area contributed by atoms with Crippen LogP contribution in [0, 0.1) is 5.92 Å². The van der Waals surface area contributed by atoms with E-state index in [9.17, 15) is 4.79 Å². The first kappa shape index (κ1) is 24.9. The van der Waals surface area contributed by atoms with Gasteiger partial charge in [-0.1, -0.05) is 30.3 Å². The maximum Gasteiger partial charge on any atom is 0.273 e. The number of benzene rings is 1. The Bertz CT molecular complexity index is 1120. The van der Waals surface area contributed by atoms with Gasteiger partial charge in [0.05, 0.1) is 0 Å². The molecule has 0 spiro atoms. The van der Waals surface area contributed by atoms with Crippen LogP contribution in [-0.2, 0) is 12.8 Å². The van der Waals surface area contributed by atoms with Crippen LogP contribution in [0.5, 0.6) is 0 Å². The van der Waals surface area contributed by atoms with Gasteiger partial charge >= 0.3 is 0 Å². The van der Waals surface area contributed by atoms with Gasteiger partial charge in [-0.3, -0.25) is 9.69 Å². The fourth-order valence-electron chi connectivity index (χ4n) is 5.42. The van der Waals surface area contributed by atoms with Crippen LogP contribution in [0.1, 0.15) is 34.5 Å². The number of likely N-dealkylation sites (tertiary alicyclic amines) is 1. The predicted molar refractivity (Wildman–Crippen MR) is 146 cm³/mol. The zero-order valence-electron chi connectivity index (χ0n) is 21.3. The van der Waals surface area contributed by atoms with Crippen LogP contribution in [0.15, 0.2) is 54.0 Å². The molecule has 7 nitrogen and oxygen atoms in total. The molecule has 8 heteroatoms. The van der Waals surface area contributed by atoms with Gasteiger partial charge in [-0.15, -0.1) is 11.3 Å². The Morgan fingerprint density at radius 1 is 1.11 bits per heavy atom. The lowest BCUT2D eigenvalue weighted by molar-refractivity contribution is 0.0625. The van der Waals surface area contributed by atoms with E-state index >= 15 is 0 Å². The Labute approximate surface area is 218 Å². The number of aromatic nitrogens is 2. The van der Waals surface area contributed by atoms with Gasteiger partial charge in [0.25, 0.3) is 5.91 Å². The molecular formula is C28H36N6OS. The Kier molecular flexibility index (Phi) is 7.94. The lowest BCUT2D eigenvalue weighted by Crippen LogP contribution is -2.48. The topological polar surface area (TPSA) is 64.6 Å². The molecular weight excluding hydrogens is 468 g/mol. The highest BCUT2D eigenvalue weighted by molar-refractivity contribution is 7.14. The number of pyridine rings is 1. The van der Waals surface area contributed by atoms with Crippen LogP contribution in [0.25, 0.3) is 0 Å². The van der Waals surface area contributed by atoms with E-state index in [1.165, 1.54) is 35.3 Å². The molecule has 1 N–H and O–H groups in total. The summed E-state index contributed by atoms with van der Waals surface area (Å²) in [6.45, 7) is 4.55. The van der Waals surface area contributed by atoms with Crippen molar-refractivity contribution in [1.82, 2.24) is 24.7 Å². The molecule has 1 aromatic carbocycles.